The molecule has 1 heterocycles. The van der Waals surface area contributed by atoms with Crippen LogP contribution < -0.4 is 0 Å². The summed E-state index contributed by atoms with van der Waals surface area (Å²) in [5.41, 5.74) is -0.0155. The first-order chi connectivity index (χ1) is 8.18. The predicted molar refractivity (Wildman–Crippen MR) is 58.6 cm³/mol. The molecular weight excluding hydrogens is 224 g/mol. The Balaban J connectivity index is 2.25. The number of hydrogen-bond donors (Lipinski definition) is 0. The minimum Gasteiger partial charge on any atom is -0.292 e. The van der Waals surface area contributed by atoms with Crippen molar-refractivity contribution in [3.05, 3.63) is 65.5 Å². The number of hydrogen-bond acceptors (Lipinski definition) is 2. The molecule has 1 aromatic carbocycles. The van der Waals surface area contributed by atoms with Gasteiger partial charge in [0, 0.05) is 18.2 Å². The van der Waals surface area contributed by atoms with Gasteiger partial charge in [-0.25, -0.2) is 8.78 Å². The Morgan fingerprint density at radius 2 is 1.76 bits per heavy atom. The Hall–Kier alpha value is -2.10. The fourth-order valence-electron chi connectivity index (χ4n) is 1.48. The molecule has 4 heteroatoms. The van der Waals surface area contributed by atoms with E-state index < -0.39 is 17.4 Å². The van der Waals surface area contributed by atoms with Crippen molar-refractivity contribution >= 4 is 5.78 Å². The molecule has 0 aliphatic rings. The summed E-state index contributed by atoms with van der Waals surface area (Å²) in [5.74, 6) is -1.84. The highest BCUT2D eigenvalue weighted by molar-refractivity contribution is 5.95. The van der Waals surface area contributed by atoms with Crippen LogP contribution in [-0.4, -0.2) is 10.8 Å². The van der Waals surface area contributed by atoms with Gasteiger partial charge in [0.2, 0.25) is 0 Å². The first-order valence-corrected chi connectivity index (χ1v) is 5.05. The molecule has 0 N–H and O–H groups in total. The number of pyridine rings is 1. The summed E-state index contributed by atoms with van der Waals surface area (Å²) in [6, 6.07) is 8.35. The van der Waals surface area contributed by atoms with Crippen LogP contribution in [0.3, 0.4) is 0 Å². The Bertz CT molecular complexity index is 520. The molecular formula is C13H9F2NO. The van der Waals surface area contributed by atoms with Gasteiger partial charge in [0.1, 0.15) is 17.3 Å². The molecule has 0 aliphatic heterocycles. The van der Waals surface area contributed by atoms with E-state index in [2.05, 4.69) is 4.98 Å². The topological polar surface area (TPSA) is 30.0 Å². The molecule has 86 valence electrons. The summed E-state index contributed by atoms with van der Waals surface area (Å²) in [6.07, 6.45) is 1.14. The van der Waals surface area contributed by atoms with Crippen LogP contribution in [0.4, 0.5) is 8.78 Å². The first kappa shape index (κ1) is 11.4. The van der Waals surface area contributed by atoms with Gasteiger partial charge >= 0.3 is 0 Å². The number of nitrogens with zero attached hydrogens (tertiary/aromatic N) is 1. The molecule has 0 radical (unpaired) electrons. The van der Waals surface area contributed by atoms with Crippen molar-refractivity contribution in [2.24, 2.45) is 0 Å². The fraction of sp³-hybridized carbons (Fsp3) is 0.0769. The SMILES string of the molecule is O=C(Cc1c(F)cccc1F)c1ccccn1. The highest BCUT2D eigenvalue weighted by atomic mass is 19.1. The van der Waals surface area contributed by atoms with Crippen LogP contribution in [0.15, 0.2) is 42.6 Å². The van der Waals surface area contributed by atoms with Crippen molar-refractivity contribution in [3.63, 3.8) is 0 Å². The summed E-state index contributed by atoms with van der Waals surface area (Å²) in [7, 11) is 0. The summed E-state index contributed by atoms with van der Waals surface area (Å²) in [5, 5.41) is 0. The third-order valence-electron chi connectivity index (χ3n) is 2.35. The van der Waals surface area contributed by atoms with E-state index in [4.69, 9.17) is 0 Å². The highest BCUT2D eigenvalue weighted by Gasteiger charge is 2.14. The van der Waals surface area contributed by atoms with E-state index in [-0.39, 0.29) is 17.7 Å². The second-order valence-electron chi connectivity index (χ2n) is 3.52. The predicted octanol–water partition coefficient (Wildman–Crippen LogP) is 2.79. The molecule has 2 rings (SSSR count). The number of ketones is 1. The second-order valence-corrected chi connectivity index (χ2v) is 3.52. The van der Waals surface area contributed by atoms with Gasteiger partial charge < -0.3 is 0 Å². The van der Waals surface area contributed by atoms with Crippen LogP contribution in [0.1, 0.15) is 16.1 Å². The third-order valence-corrected chi connectivity index (χ3v) is 2.35. The first-order valence-electron chi connectivity index (χ1n) is 5.05. The van der Waals surface area contributed by atoms with E-state index in [0.29, 0.717) is 0 Å². The zero-order valence-electron chi connectivity index (χ0n) is 8.86. The maximum absolute atomic E-state index is 13.3. The number of rotatable bonds is 3. The zero-order chi connectivity index (χ0) is 12.3. The van der Waals surface area contributed by atoms with Crippen LogP contribution in [-0.2, 0) is 6.42 Å². The molecule has 0 unspecified atom stereocenters. The van der Waals surface area contributed by atoms with Crippen molar-refractivity contribution in [3.8, 4) is 0 Å². The number of carbonyl (C=O) groups excluding carboxylic acids is 1. The standard InChI is InChI=1S/C13H9F2NO/c14-10-4-3-5-11(15)9(10)8-13(17)12-6-1-2-7-16-12/h1-7H,8H2. The number of benzene rings is 1. The van der Waals surface area contributed by atoms with Crippen LogP contribution in [0.5, 0.6) is 0 Å². The summed E-state index contributed by atoms with van der Waals surface area (Å²) >= 11 is 0. The minimum atomic E-state index is -0.714. The third kappa shape index (κ3) is 2.53. The average Bonchev–Trinajstić information content (AvgIpc) is 2.35. The highest BCUT2D eigenvalue weighted by Crippen LogP contribution is 2.14. The van der Waals surface area contributed by atoms with E-state index in [1.165, 1.54) is 18.3 Å². The van der Waals surface area contributed by atoms with Crippen LogP contribution in [0, 0.1) is 11.6 Å². The second kappa shape index (κ2) is 4.82. The number of carbonyl (C=O) groups is 1. The number of Topliss-reactive ketones (excluding diaryl/α,β-unsaturated/α-hetero) is 1. The molecule has 0 atom stereocenters. The van der Waals surface area contributed by atoms with Crippen molar-refractivity contribution < 1.29 is 13.6 Å². The largest absolute Gasteiger partial charge is 0.292 e. The molecule has 17 heavy (non-hydrogen) atoms. The lowest BCUT2D eigenvalue weighted by Gasteiger charge is -2.03. The molecule has 0 aliphatic carbocycles. The van der Waals surface area contributed by atoms with Gasteiger partial charge in [-0.15, -0.1) is 0 Å². The molecule has 0 bridgehead atoms. The van der Waals surface area contributed by atoms with Crippen molar-refractivity contribution in [2.75, 3.05) is 0 Å². The lowest BCUT2D eigenvalue weighted by Crippen LogP contribution is -2.08. The van der Waals surface area contributed by atoms with Crippen LogP contribution in [0.25, 0.3) is 0 Å². The average molecular weight is 233 g/mol. The van der Waals surface area contributed by atoms with Crippen LogP contribution in [0.2, 0.25) is 0 Å². The molecule has 0 saturated carbocycles. The van der Waals surface area contributed by atoms with E-state index in [9.17, 15) is 13.6 Å². The van der Waals surface area contributed by atoms with Gasteiger partial charge in [-0.3, -0.25) is 9.78 Å². The van der Waals surface area contributed by atoms with E-state index in [1.54, 1.807) is 12.1 Å². The molecule has 2 nitrogen and oxygen atoms in total. The molecule has 0 spiro atoms. The Labute approximate surface area is 96.9 Å². The monoisotopic (exact) mass is 233 g/mol. The van der Waals surface area contributed by atoms with Gasteiger partial charge in [-0.1, -0.05) is 12.1 Å². The summed E-state index contributed by atoms with van der Waals surface area (Å²) in [6.45, 7) is 0. The number of halogens is 2. The van der Waals surface area contributed by atoms with Gasteiger partial charge in [0.15, 0.2) is 5.78 Å². The Kier molecular flexibility index (Phi) is 3.23. The van der Waals surface area contributed by atoms with Crippen molar-refractivity contribution in [1.29, 1.82) is 0 Å². The Morgan fingerprint density at radius 3 is 2.35 bits per heavy atom. The van der Waals surface area contributed by atoms with Gasteiger partial charge in [0.25, 0.3) is 0 Å². The Morgan fingerprint density at radius 1 is 1.06 bits per heavy atom. The van der Waals surface area contributed by atoms with Gasteiger partial charge in [-0.2, -0.15) is 0 Å². The van der Waals surface area contributed by atoms with Crippen LogP contribution >= 0.6 is 0 Å². The van der Waals surface area contributed by atoms with E-state index in [0.717, 1.165) is 12.1 Å². The quantitative estimate of drug-likeness (QED) is 0.763. The van der Waals surface area contributed by atoms with E-state index in [1.807, 2.05) is 0 Å². The smallest absolute Gasteiger partial charge is 0.185 e. The van der Waals surface area contributed by atoms with Crippen molar-refractivity contribution in [2.45, 2.75) is 6.42 Å². The van der Waals surface area contributed by atoms with Gasteiger partial charge in [0.05, 0.1) is 0 Å². The maximum Gasteiger partial charge on any atom is 0.185 e. The molecule has 0 amide bonds. The molecule has 2 aromatic rings. The number of aromatic nitrogens is 1. The zero-order valence-corrected chi connectivity index (χ0v) is 8.86. The molecule has 0 saturated heterocycles. The summed E-state index contributed by atoms with van der Waals surface area (Å²) in [4.78, 5) is 15.6. The lowest BCUT2D eigenvalue weighted by atomic mass is 10.1. The minimum absolute atomic E-state index is 0.204. The summed E-state index contributed by atoms with van der Waals surface area (Å²) < 4.78 is 26.6. The maximum atomic E-state index is 13.3. The molecule has 1 aromatic heterocycles. The van der Waals surface area contributed by atoms with E-state index >= 15 is 0 Å². The van der Waals surface area contributed by atoms with Gasteiger partial charge in [-0.05, 0) is 24.3 Å². The lowest BCUT2D eigenvalue weighted by molar-refractivity contribution is 0.0986. The molecule has 0 fully saturated rings. The fourth-order valence-corrected chi connectivity index (χ4v) is 1.48. The normalized spacial score (nSPS) is 10.2. The van der Waals surface area contributed by atoms with Crippen molar-refractivity contribution in [1.82, 2.24) is 4.98 Å².